The van der Waals surface area contributed by atoms with E-state index in [1.54, 1.807) is 18.5 Å². The summed E-state index contributed by atoms with van der Waals surface area (Å²) in [6.45, 7) is 0. The van der Waals surface area contributed by atoms with Gasteiger partial charge in [0.25, 0.3) is 0 Å². The lowest BCUT2D eigenvalue weighted by Gasteiger charge is -2.14. The highest BCUT2D eigenvalue weighted by atomic mass is 79.9. The Balaban J connectivity index is 2.20. The fourth-order valence-electron chi connectivity index (χ4n) is 1.68. The Kier molecular flexibility index (Phi) is 4.35. The fourth-order valence-corrected chi connectivity index (χ4v) is 2.19. The van der Waals surface area contributed by atoms with E-state index in [4.69, 9.17) is 5.84 Å². The van der Waals surface area contributed by atoms with Gasteiger partial charge in [0.15, 0.2) is 0 Å². The Morgan fingerprint density at radius 2 is 2.00 bits per heavy atom. The van der Waals surface area contributed by atoms with E-state index >= 15 is 0 Å². The number of hydrogen-bond donors (Lipinski definition) is 2. The van der Waals surface area contributed by atoms with E-state index in [2.05, 4.69) is 31.3 Å². The van der Waals surface area contributed by atoms with E-state index < -0.39 is 0 Å². The predicted molar refractivity (Wildman–Crippen MR) is 69.9 cm³/mol. The lowest BCUT2D eigenvalue weighted by atomic mass is 10.1. The van der Waals surface area contributed by atoms with E-state index in [-0.39, 0.29) is 11.9 Å². The number of aromatic nitrogens is 2. The van der Waals surface area contributed by atoms with Crippen LogP contribution in [0.3, 0.4) is 0 Å². The third kappa shape index (κ3) is 3.32. The Bertz CT molecular complexity index is 500. The maximum Gasteiger partial charge on any atom is 0.146 e. The van der Waals surface area contributed by atoms with Crippen LogP contribution in [0.2, 0.25) is 0 Å². The number of nitrogens with zero attached hydrogens (tertiary/aromatic N) is 2. The zero-order valence-corrected chi connectivity index (χ0v) is 11.1. The van der Waals surface area contributed by atoms with Gasteiger partial charge in [-0.25, -0.2) is 19.8 Å². The molecule has 0 aliphatic heterocycles. The standard InChI is InChI=1S/C12H12BrFN4/c13-9-4-8(5-10(14)7-9)6-11(18-15)12-16-2-1-3-17-12/h1-5,7,11,18H,6,15H2. The number of rotatable bonds is 4. The van der Waals surface area contributed by atoms with E-state index in [0.29, 0.717) is 16.7 Å². The summed E-state index contributed by atoms with van der Waals surface area (Å²) in [5.41, 5.74) is 3.46. The van der Waals surface area contributed by atoms with Crippen LogP contribution in [0.4, 0.5) is 4.39 Å². The predicted octanol–water partition coefficient (Wildman–Crippen LogP) is 2.13. The van der Waals surface area contributed by atoms with Crippen molar-refractivity contribution in [3.63, 3.8) is 0 Å². The van der Waals surface area contributed by atoms with Gasteiger partial charge in [-0.2, -0.15) is 0 Å². The van der Waals surface area contributed by atoms with Crippen LogP contribution in [-0.2, 0) is 6.42 Å². The highest BCUT2D eigenvalue weighted by molar-refractivity contribution is 9.10. The van der Waals surface area contributed by atoms with Gasteiger partial charge >= 0.3 is 0 Å². The number of nitrogens with two attached hydrogens (primary N) is 1. The molecule has 0 fully saturated rings. The maximum absolute atomic E-state index is 13.3. The second-order valence-corrected chi connectivity index (χ2v) is 4.72. The van der Waals surface area contributed by atoms with Crippen LogP contribution in [0, 0.1) is 5.82 Å². The summed E-state index contributed by atoms with van der Waals surface area (Å²) in [4.78, 5) is 8.26. The number of hydrogen-bond acceptors (Lipinski definition) is 4. The minimum absolute atomic E-state index is 0.250. The van der Waals surface area contributed by atoms with Gasteiger partial charge < -0.3 is 0 Å². The van der Waals surface area contributed by atoms with Gasteiger partial charge in [-0.3, -0.25) is 5.84 Å². The average molecular weight is 311 g/mol. The van der Waals surface area contributed by atoms with Gasteiger partial charge in [-0.1, -0.05) is 15.9 Å². The minimum atomic E-state index is -0.288. The zero-order chi connectivity index (χ0) is 13.0. The Labute approximate surface area is 113 Å². The first kappa shape index (κ1) is 13.1. The van der Waals surface area contributed by atoms with Crippen molar-refractivity contribution in [3.05, 3.63) is 58.3 Å². The number of nitrogens with one attached hydrogen (secondary N) is 1. The molecule has 0 spiro atoms. The monoisotopic (exact) mass is 310 g/mol. The van der Waals surface area contributed by atoms with Crippen LogP contribution < -0.4 is 11.3 Å². The third-order valence-corrected chi connectivity index (χ3v) is 2.92. The van der Waals surface area contributed by atoms with Crippen LogP contribution in [0.5, 0.6) is 0 Å². The molecular formula is C12H12BrFN4. The van der Waals surface area contributed by atoms with Gasteiger partial charge in [0.2, 0.25) is 0 Å². The van der Waals surface area contributed by atoms with E-state index in [0.717, 1.165) is 5.56 Å². The molecule has 1 heterocycles. The molecule has 0 saturated carbocycles. The molecule has 6 heteroatoms. The lowest BCUT2D eigenvalue weighted by Crippen LogP contribution is -2.31. The molecule has 2 aromatic rings. The number of benzene rings is 1. The molecule has 3 N–H and O–H groups in total. The molecule has 4 nitrogen and oxygen atoms in total. The van der Waals surface area contributed by atoms with Crippen molar-refractivity contribution in [2.75, 3.05) is 0 Å². The van der Waals surface area contributed by atoms with Gasteiger partial charge in [0.05, 0.1) is 6.04 Å². The molecule has 0 amide bonds. The summed E-state index contributed by atoms with van der Waals surface area (Å²) in [7, 11) is 0. The van der Waals surface area contributed by atoms with Crippen molar-refractivity contribution in [1.82, 2.24) is 15.4 Å². The van der Waals surface area contributed by atoms with Crippen molar-refractivity contribution >= 4 is 15.9 Å². The molecule has 1 aromatic carbocycles. The first-order chi connectivity index (χ1) is 8.69. The van der Waals surface area contributed by atoms with E-state index in [9.17, 15) is 4.39 Å². The van der Waals surface area contributed by atoms with E-state index in [1.807, 2.05) is 6.07 Å². The molecule has 2 rings (SSSR count). The quantitative estimate of drug-likeness (QED) is 0.671. The highest BCUT2D eigenvalue weighted by Crippen LogP contribution is 2.19. The molecular weight excluding hydrogens is 299 g/mol. The van der Waals surface area contributed by atoms with Gasteiger partial charge in [-0.15, -0.1) is 0 Å². The van der Waals surface area contributed by atoms with Crippen LogP contribution in [0.25, 0.3) is 0 Å². The summed E-state index contributed by atoms with van der Waals surface area (Å²) < 4.78 is 14.0. The van der Waals surface area contributed by atoms with E-state index in [1.165, 1.54) is 12.1 Å². The maximum atomic E-state index is 13.3. The van der Waals surface area contributed by atoms with Crippen molar-refractivity contribution < 1.29 is 4.39 Å². The molecule has 0 bridgehead atoms. The smallest absolute Gasteiger partial charge is 0.146 e. The third-order valence-electron chi connectivity index (χ3n) is 2.46. The second-order valence-electron chi connectivity index (χ2n) is 3.81. The number of halogens is 2. The first-order valence-corrected chi connectivity index (χ1v) is 6.16. The molecule has 1 unspecified atom stereocenters. The summed E-state index contributed by atoms with van der Waals surface area (Å²) in [6.07, 6.45) is 3.80. The average Bonchev–Trinajstić information content (AvgIpc) is 2.36. The molecule has 0 radical (unpaired) electrons. The highest BCUT2D eigenvalue weighted by Gasteiger charge is 2.13. The summed E-state index contributed by atoms with van der Waals surface area (Å²) >= 11 is 3.26. The topological polar surface area (TPSA) is 63.8 Å². The summed E-state index contributed by atoms with van der Waals surface area (Å²) in [5.74, 6) is 5.79. The molecule has 1 aromatic heterocycles. The molecule has 0 aliphatic rings. The fraction of sp³-hybridized carbons (Fsp3) is 0.167. The molecule has 0 aliphatic carbocycles. The zero-order valence-electron chi connectivity index (χ0n) is 9.48. The normalized spacial score (nSPS) is 12.4. The first-order valence-electron chi connectivity index (χ1n) is 5.37. The van der Waals surface area contributed by atoms with Crippen molar-refractivity contribution in [1.29, 1.82) is 0 Å². The van der Waals surface area contributed by atoms with Crippen LogP contribution in [-0.4, -0.2) is 9.97 Å². The van der Waals surface area contributed by atoms with Crippen LogP contribution in [0.15, 0.2) is 41.1 Å². The SMILES string of the molecule is NNC(Cc1cc(F)cc(Br)c1)c1ncccn1. The second kappa shape index (κ2) is 5.99. The Morgan fingerprint density at radius 1 is 1.28 bits per heavy atom. The van der Waals surface area contributed by atoms with Gasteiger partial charge in [-0.05, 0) is 36.2 Å². The van der Waals surface area contributed by atoms with Crippen LogP contribution in [0.1, 0.15) is 17.4 Å². The molecule has 94 valence electrons. The largest absolute Gasteiger partial charge is 0.271 e. The number of hydrazine groups is 1. The Hall–Kier alpha value is -1.37. The van der Waals surface area contributed by atoms with Crippen molar-refractivity contribution in [2.45, 2.75) is 12.5 Å². The lowest BCUT2D eigenvalue weighted by molar-refractivity contribution is 0.520. The van der Waals surface area contributed by atoms with Crippen molar-refractivity contribution in [2.24, 2.45) is 5.84 Å². The van der Waals surface area contributed by atoms with Gasteiger partial charge in [0.1, 0.15) is 11.6 Å². The minimum Gasteiger partial charge on any atom is -0.271 e. The van der Waals surface area contributed by atoms with Crippen molar-refractivity contribution in [3.8, 4) is 0 Å². The molecule has 18 heavy (non-hydrogen) atoms. The van der Waals surface area contributed by atoms with Gasteiger partial charge in [0, 0.05) is 16.9 Å². The summed E-state index contributed by atoms with van der Waals surface area (Å²) in [6, 6.07) is 6.21. The Morgan fingerprint density at radius 3 is 2.61 bits per heavy atom. The molecule has 1 atom stereocenters. The summed E-state index contributed by atoms with van der Waals surface area (Å²) in [5, 5.41) is 0. The molecule has 0 saturated heterocycles. The van der Waals surface area contributed by atoms with Crippen LogP contribution >= 0.6 is 15.9 Å².